The van der Waals surface area contributed by atoms with E-state index in [4.69, 9.17) is 0 Å². The quantitative estimate of drug-likeness (QED) is 0.216. The first-order valence-corrected chi connectivity index (χ1v) is 9.65. The summed E-state index contributed by atoms with van der Waals surface area (Å²) in [6, 6.07) is 13.7. The number of non-ortho nitro benzene ring substituents is 1. The number of nitro benzene ring substituents is 1. The van der Waals surface area contributed by atoms with E-state index in [0.717, 1.165) is 4.90 Å². The van der Waals surface area contributed by atoms with Crippen molar-refractivity contribution in [2.75, 3.05) is 4.90 Å². The van der Waals surface area contributed by atoms with E-state index >= 15 is 0 Å². The number of ketones is 1. The van der Waals surface area contributed by atoms with Gasteiger partial charge in [0.2, 0.25) is 0 Å². The number of nitrogens with zero attached hydrogens (tertiary/aromatic N) is 2. The summed E-state index contributed by atoms with van der Waals surface area (Å²) < 4.78 is 0. The van der Waals surface area contributed by atoms with E-state index in [9.17, 15) is 29.9 Å². The van der Waals surface area contributed by atoms with Gasteiger partial charge in [0.15, 0.2) is 0 Å². The molecule has 150 valence electrons. The highest BCUT2D eigenvalue weighted by Crippen LogP contribution is 2.45. The average molecular weight is 422 g/mol. The van der Waals surface area contributed by atoms with Gasteiger partial charge in [-0.3, -0.25) is 24.6 Å². The minimum atomic E-state index is -0.950. The summed E-state index contributed by atoms with van der Waals surface area (Å²) in [5.41, 5.74) is -0.0197. The molecule has 2 heterocycles. The predicted molar refractivity (Wildman–Crippen MR) is 110 cm³/mol. The van der Waals surface area contributed by atoms with Gasteiger partial charge in [0.05, 0.1) is 16.2 Å². The number of hydrogen-bond acceptors (Lipinski definition) is 7. The Morgan fingerprint density at radius 3 is 2.33 bits per heavy atom. The van der Waals surface area contributed by atoms with Gasteiger partial charge in [0, 0.05) is 22.6 Å². The SMILES string of the molecule is O=C1C(=O)N(c2ccccc2O)C(c2cccs2)/C1=C(/O)c1ccc([N+](=O)[O-])cc1. The van der Waals surface area contributed by atoms with E-state index in [1.165, 1.54) is 47.7 Å². The molecule has 1 atom stereocenters. The molecule has 0 bridgehead atoms. The number of nitro groups is 1. The zero-order valence-electron chi connectivity index (χ0n) is 15.3. The fourth-order valence-corrected chi connectivity index (χ4v) is 4.18. The summed E-state index contributed by atoms with van der Waals surface area (Å²) in [5.74, 6) is -2.43. The molecule has 4 rings (SSSR count). The maximum atomic E-state index is 12.9. The second-order valence-electron chi connectivity index (χ2n) is 6.48. The lowest BCUT2D eigenvalue weighted by atomic mass is 9.99. The Balaban J connectivity index is 1.90. The van der Waals surface area contributed by atoms with Crippen molar-refractivity contribution in [3.05, 3.63) is 92.2 Å². The Morgan fingerprint density at radius 2 is 1.73 bits per heavy atom. The van der Waals surface area contributed by atoms with Crippen molar-refractivity contribution in [1.82, 2.24) is 0 Å². The number of para-hydroxylation sites is 2. The molecule has 1 aliphatic heterocycles. The van der Waals surface area contributed by atoms with Gasteiger partial charge in [-0.2, -0.15) is 0 Å². The maximum absolute atomic E-state index is 12.9. The van der Waals surface area contributed by atoms with Gasteiger partial charge < -0.3 is 10.2 Å². The van der Waals surface area contributed by atoms with Crippen LogP contribution in [0.5, 0.6) is 5.75 Å². The predicted octanol–water partition coefficient (Wildman–Crippen LogP) is 3.99. The van der Waals surface area contributed by atoms with E-state index < -0.39 is 28.4 Å². The number of aliphatic hydroxyl groups is 1. The van der Waals surface area contributed by atoms with E-state index in [0.29, 0.717) is 4.88 Å². The molecule has 8 nitrogen and oxygen atoms in total. The van der Waals surface area contributed by atoms with Crippen LogP contribution in [-0.4, -0.2) is 26.8 Å². The summed E-state index contributed by atoms with van der Waals surface area (Å²) in [5, 5.41) is 33.8. The van der Waals surface area contributed by atoms with Gasteiger partial charge in [-0.05, 0) is 35.7 Å². The zero-order valence-corrected chi connectivity index (χ0v) is 16.1. The number of phenols is 1. The average Bonchev–Trinajstić information content (AvgIpc) is 3.35. The van der Waals surface area contributed by atoms with Crippen LogP contribution in [0, 0.1) is 10.1 Å². The van der Waals surface area contributed by atoms with Crippen LogP contribution in [-0.2, 0) is 9.59 Å². The number of thiophene rings is 1. The van der Waals surface area contributed by atoms with Gasteiger partial charge in [0.25, 0.3) is 17.4 Å². The van der Waals surface area contributed by atoms with Crippen molar-refractivity contribution >= 4 is 40.2 Å². The molecular formula is C21H14N2O6S. The van der Waals surface area contributed by atoms with Crippen molar-refractivity contribution < 1.29 is 24.7 Å². The lowest BCUT2D eigenvalue weighted by Gasteiger charge is -2.24. The molecule has 1 fully saturated rings. The third kappa shape index (κ3) is 3.11. The van der Waals surface area contributed by atoms with Crippen LogP contribution in [0.2, 0.25) is 0 Å². The Labute approximate surface area is 174 Å². The largest absolute Gasteiger partial charge is 0.507 e. The van der Waals surface area contributed by atoms with Crippen molar-refractivity contribution in [2.45, 2.75) is 6.04 Å². The van der Waals surface area contributed by atoms with Gasteiger partial charge in [-0.25, -0.2) is 0 Å². The van der Waals surface area contributed by atoms with Crippen LogP contribution in [0.4, 0.5) is 11.4 Å². The number of amides is 1. The highest BCUT2D eigenvalue weighted by atomic mass is 32.1. The molecule has 0 spiro atoms. The Kier molecular flexibility index (Phi) is 4.80. The molecule has 2 N–H and O–H groups in total. The van der Waals surface area contributed by atoms with E-state index in [1.54, 1.807) is 29.6 Å². The number of rotatable bonds is 4. The molecule has 1 amide bonds. The zero-order chi connectivity index (χ0) is 21.4. The molecule has 0 saturated carbocycles. The molecule has 30 heavy (non-hydrogen) atoms. The molecule has 1 aliphatic rings. The number of Topliss-reactive ketones (excluding diaryl/α,β-unsaturated/α-hetero) is 1. The first-order chi connectivity index (χ1) is 14.4. The van der Waals surface area contributed by atoms with E-state index in [1.807, 2.05) is 0 Å². The Morgan fingerprint density at radius 1 is 1.03 bits per heavy atom. The first-order valence-electron chi connectivity index (χ1n) is 8.77. The van der Waals surface area contributed by atoms with E-state index in [-0.39, 0.29) is 28.3 Å². The topological polar surface area (TPSA) is 121 Å². The number of benzene rings is 2. The number of phenolic OH excluding ortho intramolecular Hbond substituents is 1. The maximum Gasteiger partial charge on any atom is 0.300 e. The Hall–Kier alpha value is -3.98. The summed E-state index contributed by atoms with van der Waals surface area (Å²) in [6.07, 6.45) is 0. The Bertz CT molecular complexity index is 1180. The fraction of sp³-hybridized carbons (Fsp3) is 0.0476. The highest BCUT2D eigenvalue weighted by molar-refractivity contribution is 7.10. The fourth-order valence-electron chi connectivity index (χ4n) is 3.36. The summed E-state index contributed by atoms with van der Waals surface area (Å²) >= 11 is 1.29. The molecule has 3 aromatic rings. The van der Waals surface area contributed by atoms with Crippen LogP contribution in [0.25, 0.3) is 5.76 Å². The molecular weight excluding hydrogens is 408 g/mol. The third-order valence-electron chi connectivity index (χ3n) is 4.75. The van der Waals surface area contributed by atoms with Crippen molar-refractivity contribution in [3.8, 4) is 5.75 Å². The normalized spacial score (nSPS) is 18.0. The summed E-state index contributed by atoms with van der Waals surface area (Å²) in [6.45, 7) is 0. The second-order valence-corrected chi connectivity index (χ2v) is 7.46. The molecule has 1 saturated heterocycles. The minimum absolute atomic E-state index is 0.140. The number of aliphatic hydroxyl groups excluding tert-OH is 1. The van der Waals surface area contributed by atoms with Gasteiger partial charge in [-0.1, -0.05) is 18.2 Å². The van der Waals surface area contributed by atoms with Crippen molar-refractivity contribution in [1.29, 1.82) is 0 Å². The highest BCUT2D eigenvalue weighted by Gasteiger charge is 2.48. The molecule has 1 unspecified atom stereocenters. The van der Waals surface area contributed by atoms with Crippen molar-refractivity contribution in [2.24, 2.45) is 0 Å². The number of carbonyl (C=O) groups excluding carboxylic acids is 2. The van der Waals surface area contributed by atoms with Gasteiger partial charge >= 0.3 is 0 Å². The summed E-state index contributed by atoms with van der Waals surface area (Å²) in [7, 11) is 0. The van der Waals surface area contributed by atoms with Crippen LogP contribution in [0.1, 0.15) is 16.5 Å². The van der Waals surface area contributed by atoms with Gasteiger partial charge in [0.1, 0.15) is 17.6 Å². The van der Waals surface area contributed by atoms with E-state index in [2.05, 4.69) is 0 Å². The van der Waals surface area contributed by atoms with Crippen molar-refractivity contribution in [3.63, 3.8) is 0 Å². The molecule has 9 heteroatoms. The number of aromatic hydroxyl groups is 1. The van der Waals surface area contributed by atoms with Crippen LogP contribution in [0.3, 0.4) is 0 Å². The standard InChI is InChI=1S/C21H14N2O6S/c24-15-5-2-1-4-14(15)22-18(16-6-3-11-30-16)17(20(26)21(22)27)19(25)12-7-9-13(10-8-12)23(28)29/h1-11,18,24-25H/b19-17-. The molecule has 0 radical (unpaired) electrons. The molecule has 1 aromatic heterocycles. The lowest BCUT2D eigenvalue weighted by Crippen LogP contribution is -2.29. The van der Waals surface area contributed by atoms with Crippen LogP contribution >= 0.6 is 11.3 Å². The minimum Gasteiger partial charge on any atom is -0.507 e. The first kappa shape index (κ1) is 19.3. The van der Waals surface area contributed by atoms with Crippen LogP contribution in [0.15, 0.2) is 71.6 Å². The molecule has 2 aromatic carbocycles. The number of hydrogen-bond donors (Lipinski definition) is 2. The summed E-state index contributed by atoms with van der Waals surface area (Å²) in [4.78, 5) is 37.9. The smallest absolute Gasteiger partial charge is 0.300 e. The van der Waals surface area contributed by atoms with Crippen LogP contribution < -0.4 is 4.90 Å². The number of carbonyl (C=O) groups is 2. The lowest BCUT2D eigenvalue weighted by molar-refractivity contribution is -0.384. The van der Waals surface area contributed by atoms with Gasteiger partial charge in [-0.15, -0.1) is 11.3 Å². The molecule has 0 aliphatic carbocycles. The second kappa shape index (κ2) is 7.45. The monoisotopic (exact) mass is 422 g/mol. The third-order valence-corrected chi connectivity index (χ3v) is 5.67. The number of anilines is 1.